The molecule has 0 aliphatic carbocycles. The van der Waals surface area contributed by atoms with Crippen molar-refractivity contribution in [1.82, 2.24) is 4.90 Å². The number of esters is 1. The number of nitrogens with zero attached hydrogens (tertiary/aromatic N) is 2. The summed E-state index contributed by atoms with van der Waals surface area (Å²) in [6, 6.07) is 2.13. The van der Waals surface area contributed by atoms with Gasteiger partial charge in [-0.1, -0.05) is 6.92 Å². The molecule has 2 atom stereocenters. The van der Waals surface area contributed by atoms with Gasteiger partial charge in [0.15, 0.2) is 0 Å². The smallest absolute Gasteiger partial charge is 0.306 e. The molecule has 1 aliphatic rings. The second-order valence-corrected chi connectivity index (χ2v) is 4.51. The first-order valence-electron chi connectivity index (χ1n) is 6.53. The topological polar surface area (TPSA) is 62.6 Å². The van der Waals surface area contributed by atoms with Gasteiger partial charge in [0.2, 0.25) is 0 Å². The van der Waals surface area contributed by atoms with E-state index < -0.39 is 0 Å². The maximum Gasteiger partial charge on any atom is 0.306 e. The van der Waals surface area contributed by atoms with Gasteiger partial charge in [-0.3, -0.25) is 9.69 Å². The molecule has 1 aliphatic heterocycles. The third kappa shape index (κ3) is 4.63. The highest BCUT2D eigenvalue weighted by Crippen LogP contribution is 2.16. The molecule has 1 heterocycles. The highest BCUT2D eigenvalue weighted by Gasteiger charge is 2.24. The zero-order valence-corrected chi connectivity index (χ0v) is 11.2. The van der Waals surface area contributed by atoms with Crippen molar-refractivity contribution in [3.05, 3.63) is 0 Å². The number of rotatable bonds is 7. The number of hydrogen-bond acceptors (Lipinski definition) is 5. The molecule has 0 amide bonds. The van der Waals surface area contributed by atoms with E-state index in [1.54, 1.807) is 0 Å². The molecule has 0 aromatic heterocycles. The molecule has 102 valence electrons. The van der Waals surface area contributed by atoms with E-state index in [0.29, 0.717) is 13.0 Å². The van der Waals surface area contributed by atoms with E-state index in [1.165, 1.54) is 7.11 Å². The van der Waals surface area contributed by atoms with Crippen LogP contribution in [0.15, 0.2) is 0 Å². The van der Waals surface area contributed by atoms with Crippen LogP contribution in [0.3, 0.4) is 0 Å². The number of hydrogen-bond donors (Lipinski definition) is 0. The Morgan fingerprint density at radius 1 is 1.67 bits per heavy atom. The molecule has 0 saturated carbocycles. The Hall–Kier alpha value is -1.12. The van der Waals surface area contributed by atoms with Crippen LogP contribution in [0.25, 0.3) is 0 Å². The van der Waals surface area contributed by atoms with Crippen LogP contribution in [-0.4, -0.2) is 49.8 Å². The minimum Gasteiger partial charge on any atom is -0.469 e. The molecule has 1 saturated heterocycles. The number of ether oxygens (including phenoxy) is 2. The van der Waals surface area contributed by atoms with Gasteiger partial charge in [-0.05, 0) is 19.3 Å². The molecule has 2 unspecified atom stereocenters. The Morgan fingerprint density at radius 2 is 2.44 bits per heavy atom. The summed E-state index contributed by atoms with van der Waals surface area (Å²) in [6.07, 6.45) is 3.39. The predicted octanol–water partition coefficient (Wildman–Crippen LogP) is 1.33. The first-order chi connectivity index (χ1) is 8.71. The van der Waals surface area contributed by atoms with Crippen LogP contribution in [0.5, 0.6) is 0 Å². The summed E-state index contributed by atoms with van der Waals surface area (Å²) in [5, 5.41) is 9.14. The fourth-order valence-electron chi connectivity index (χ4n) is 2.19. The van der Waals surface area contributed by atoms with Crippen LogP contribution in [0.2, 0.25) is 0 Å². The summed E-state index contributed by atoms with van der Waals surface area (Å²) >= 11 is 0. The molecule has 0 aromatic carbocycles. The molecular formula is C13H22N2O3. The van der Waals surface area contributed by atoms with E-state index in [9.17, 15) is 4.79 Å². The summed E-state index contributed by atoms with van der Waals surface area (Å²) in [5.41, 5.74) is 0. The first-order valence-corrected chi connectivity index (χ1v) is 6.53. The Kier molecular flexibility index (Phi) is 6.69. The molecule has 5 nitrogen and oxygen atoms in total. The quantitative estimate of drug-likeness (QED) is 0.641. The average Bonchev–Trinajstić information content (AvgIpc) is 2.89. The molecule has 1 fully saturated rings. The van der Waals surface area contributed by atoms with Gasteiger partial charge >= 0.3 is 5.97 Å². The van der Waals surface area contributed by atoms with Gasteiger partial charge in [-0.15, -0.1) is 0 Å². The van der Waals surface area contributed by atoms with Crippen LogP contribution in [0.4, 0.5) is 0 Å². The van der Waals surface area contributed by atoms with Gasteiger partial charge < -0.3 is 9.47 Å². The first kappa shape index (κ1) is 14.9. The fourth-order valence-corrected chi connectivity index (χ4v) is 2.19. The Balaban J connectivity index is 2.50. The second-order valence-electron chi connectivity index (χ2n) is 4.51. The molecular weight excluding hydrogens is 232 g/mol. The largest absolute Gasteiger partial charge is 0.469 e. The lowest BCUT2D eigenvalue weighted by Crippen LogP contribution is -2.40. The lowest BCUT2D eigenvalue weighted by Gasteiger charge is -2.28. The van der Waals surface area contributed by atoms with E-state index in [-0.39, 0.29) is 18.1 Å². The van der Waals surface area contributed by atoms with E-state index in [0.717, 1.165) is 32.4 Å². The van der Waals surface area contributed by atoms with Crippen LogP contribution >= 0.6 is 0 Å². The lowest BCUT2D eigenvalue weighted by atomic mass is 10.1. The van der Waals surface area contributed by atoms with Gasteiger partial charge in [0.25, 0.3) is 0 Å². The normalized spacial score (nSPS) is 20.7. The van der Waals surface area contributed by atoms with Gasteiger partial charge in [-0.2, -0.15) is 5.26 Å². The van der Waals surface area contributed by atoms with E-state index in [2.05, 4.69) is 10.8 Å². The van der Waals surface area contributed by atoms with Crippen LogP contribution in [0, 0.1) is 11.3 Å². The minimum absolute atomic E-state index is 0.154. The molecule has 5 heteroatoms. The van der Waals surface area contributed by atoms with Crippen molar-refractivity contribution in [2.75, 3.05) is 26.8 Å². The monoisotopic (exact) mass is 254 g/mol. The number of carbonyl (C=O) groups is 1. The highest BCUT2D eigenvalue weighted by atomic mass is 16.5. The highest BCUT2D eigenvalue weighted by molar-refractivity contribution is 5.69. The van der Waals surface area contributed by atoms with Gasteiger partial charge in [-0.25, -0.2) is 0 Å². The Labute approximate surface area is 109 Å². The summed E-state index contributed by atoms with van der Waals surface area (Å²) in [5.74, 6) is -0.236. The molecule has 18 heavy (non-hydrogen) atoms. The average molecular weight is 254 g/mol. The molecule has 0 radical (unpaired) electrons. The minimum atomic E-state index is -0.236. The predicted molar refractivity (Wildman–Crippen MR) is 66.9 cm³/mol. The van der Waals surface area contributed by atoms with Crippen molar-refractivity contribution in [2.45, 2.75) is 44.8 Å². The second kappa shape index (κ2) is 8.06. The van der Waals surface area contributed by atoms with Crippen molar-refractivity contribution in [3.8, 4) is 6.07 Å². The van der Waals surface area contributed by atoms with Gasteiger partial charge in [0.05, 0.1) is 31.7 Å². The van der Waals surface area contributed by atoms with Gasteiger partial charge in [0.1, 0.15) is 0 Å². The Bertz CT molecular complexity index is 295. The zero-order valence-electron chi connectivity index (χ0n) is 11.2. The van der Waals surface area contributed by atoms with Crippen molar-refractivity contribution >= 4 is 5.97 Å². The van der Waals surface area contributed by atoms with Crippen molar-refractivity contribution in [3.63, 3.8) is 0 Å². The molecule has 0 aromatic rings. The number of nitriles is 1. The standard InChI is InChI=1S/C13H22N2O3/c1-3-11(9-14)15(7-6-13(16)17-2)10-12-5-4-8-18-12/h11-12H,3-8,10H2,1-2H3. The maximum absolute atomic E-state index is 11.2. The summed E-state index contributed by atoms with van der Waals surface area (Å²) in [7, 11) is 1.38. The molecule has 1 rings (SSSR count). The Morgan fingerprint density at radius 3 is 2.94 bits per heavy atom. The number of methoxy groups -OCH3 is 1. The summed E-state index contributed by atoms with van der Waals surface area (Å²) < 4.78 is 10.2. The van der Waals surface area contributed by atoms with E-state index >= 15 is 0 Å². The summed E-state index contributed by atoms with van der Waals surface area (Å²) in [6.45, 7) is 4.06. The van der Waals surface area contributed by atoms with Gasteiger partial charge in [0, 0.05) is 19.7 Å². The summed E-state index contributed by atoms with van der Waals surface area (Å²) in [4.78, 5) is 13.2. The van der Waals surface area contributed by atoms with Crippen molar-refractivity contribution in [1.29, 1.82) is 5.26 Å². The third-order valence-corrected chi connectivity index (χ3v) is 3.27. The van der Waals surface area contributed by atoms with Crippen LogP contribution in [-0.2, 0) is 14.3 Å². The van der Waals surface area contributed by atoms with Crippen LogP contribution < -0.4 is 0 Å². The maximum atomic E-state index is 11.2. The van der Waals surface area contributed by atoms with Crippen molar-refractivity contribution in [2.24, 2.45) is 0 Å². The lowest BCUT2D eigenvalue weighted by molar-refractivity contribution is -0.141. The van der Waals surface area contributed by atoms with E-state index in [4.69, 9.17) is 10.00 Å². The zero-order chi connectivity index (χ0) is 13.4. The fraction of sp³-hybridized carbons (Fsp3) is 0.846. The SMILES string of the molecule is CCC(C#N)N(CCC(=O)OC)CC1CCCO1. The molecule has 0 spiro atoms. The third-order valence-electron chi connectivity index (χ3n) is 3.27. The van der Waals surface area contributed by atoms with Crippen LogP contribution in [0.1, 0.15) is 32.6 Å². The molecule has 0 bridgehead atoms. The van der Waals surface area contributed by atoms with Crippen molar-refractivity contribution < 1.29 is 14.3 Å². The molecule has 0 N–H and O–H groups in total. The number of carbonyl (C=O) groups excluding carboxylic acids is 1. The van der Waals surface area contributed by atoms with E-state index in [1.807, 2.05) is 11.8 Å².